The van der Waals surface area contributed by atoms with Gasteiger partial charge in [0.15, 0.2) is 0 Å². The SMILES string of the molecule is CCCCCCCCCCCCc1cc(O)c(CCCCCCCCCCCC)cc1O.[Na]. The Kier molecular flexibility index (Phi) is 23.4. The first-order valence-corrected chi connectivity index (χ1v) is 14.2. The average Bonchev–Trinajstić information content (AvgIpc) is 2.79. The summed E-state index contributed by atoms with van der Waals surface area (Å²) in [5.74, 6) is 0.751. The van der Waals surface area contributed by atoms with E-state index >= 15 is 0 Å². The monoisotopic (exact) mass is 469 g/mol. The first-order chi connectivity index (χ1) is 15.7. The summed E-state index contributed by atoms with van der Waals surface area (Å²) in [6.45, 7) is 4.54. The normalized spacial score (nSPS) is 11.0. The predicted octanol–water partition coefficient (Wildman–Crippen LogP) is 9.64. The van der Waals surface area contributed by atoms with Crippen LogP contribution in [-0.4, -0.2) is 39.8 Å². The molecular weight excluding hydrogens is 415 g/mol. The number of hydrogen-bond donors (Lipinski definition) is 2. The van der Waals surface area contributed by atoms with Crippen molar-refractivity contribution < 1.29 is 10.2 Å². The van der Waals surface area contributed by atoms with Crippen molar-refractivity contribution in [3.8, 4) is 11.5 Å². The van der Waals surface area contributed by atoms with E-state index in [-0.39, 0.29) is 29.6 Å². The van der Waals surface area contributed by atoms with Crippen molar-refractivity contribution in [2.75, 3.05) is 0 Å². The second-order valence-corrected chi connectivity index (χ2v) is 9.97. The van der Waals surface area contributed by atoms with E-state index in [1.165, 1.54) is 116 Å². The summed E-state index contributed by atoms with van der Waals surface area (Å²) in [5.41, 5.74) is 1.82. The van der Waals surface area contributed by atoms with Crippen LogP contribution in [0.15, 0.2) is 12.1 Å². The molecule has 187 valence electrons. The van der Waals surface area contributed by atoms with E-state index in [1.54, 1.807) is 0 Å². The van der Waals surface area contributed by atoms with E-state index in [0.29, 0.717) is 11.5 Å². The Balaban J connectivity index is 0.0000102. The minimum atomic E-state index is 0. The fourth-order valence-electron chi connectivity index (χ4n) is 4.67. The number of hydrogen-bond acceptors (Lipinski definition) is 2. The number of unbranched alkanes of at least 4 members (excludes halogenated alkanes) is 18. The van der Waals surface area contributed by atoms with Crippen LogP contribution in [0.25, 0.3) is 0 Å². The van der Waals surface area contributed by atoms with Crippen LogP contribution in [0.3, 0.4) is 0 Å². The van der Waals surface area contributed by atoms with Crippen molar-refractivity contribution >= 4 is 29.6 Å². The molecule has 1 aromatic rings. The Labute approximate surface area is 228 Å². The summed E-state index contributed by atoms with van der Waals surface area (Å²) in [7, 11) is 0. The van der Waals surface area contributed by atoms with Crippen LogP contribution in [0.2, 0.25) is 0 Å². The van der Waals surface area contributed by atoms with Gasteiger partial charge in [0.2, 0.25) is 0 Å². The molecule has 0 amide bonds. The molecule has 1 radical (unpaired) electrons. The molecule has 0 aliphatic heterocycles. The zero-order valence-corrected chi connectivity index (χ0v) is 24.6. The molecule has 1 rings (SSSR count). The van der Waals surface area contributed by atoms with Crippen molar-refractivity contribution in [3.63, 3.8) is 0 Å². The molecule has 0 saturated heterocycles. The van der Waals surface area contributed by atoms with Gasteiger partial charge in [0, 0.05) is 29.6 Å². The van der Waals surface area contributed by atoms with E-state index in [0.717, 1.165) is 36.8 Å². The molecule has 0 aromatic heterocycles. The maximum Gasteiger partial charge on any atom is 0.119 e. The molecule has 33 heavy (non-hydrogen) atoms. The third-order valence-electron chi connectivity index (χ3n) is 6.88. The molecule has 0 atom stereocenters. The van der Waals surface area contributed by atoms with Crippen LogP contribution in [0.5, 0.6) is 11.5 Å². The standard InChI is InChI=1S/C30H54O2.Na/c1-3-5-7-9-11-13-15-17-19-21-23-27-25-30(32)28(26-29(27)31)24-22-20-18-16-14-12-10-8-6-4-2;/h25-26,31-32H,3-24H2,1-2H3;. The van der Waals surface area contributed by atoms with Crippen molar-refractivity contribution in [2.45, 2.75) is 155 Å². The molecule has 3 heteroatoms. The second kappa shape index (κ2) is 23.6. The Morgan fingerprint density at radius 1 is 0.424 bits per heavy atom. The number of aromatic hydroxyl groups is 2. The van der Waals surface area contributed by atoms with Crippen molar-refractivity contribution in [1.82, 2.24) is 0 Å². The zero-order chi connectivity index (χ0) is 23.3. The van der Waals surface area contributed by atoms with Gasteiger partial charge in [0.25, 0.3) is 0 Å². The number of benzene rings is 1. The largest absolute Gasteiger partial charge is 0.508 e. The Hall–Kier alpha value is -0.180. The number of aryl methyl sites for hydroxylation is 2. The Bertz CT molecular complexity index is 509. The van der Waals surface area contributed by atoms with Crippen molar-refractivity contribution in [1.29, 1.82) is 0 Å². The third-order valence-corrected chi connectivity index (χ3v) is 6.88. The molecule has 1 aromatic carbocycles. The molecule has 2 nitrogen and oxygen atoms in total. The third kappa shape index (κ3) is 17.8. The second-order valence-electron chi connectivity index (χ2n) is 9.97. The van der Waals surface area contributed by atoms with Crippen molar-refractivity contribution in [3.05, 3.63) is 23.3 Å². The number of rotatable bonds is 22. The van der Waals surface area contributed by atoms with E-state index in [9.17, 15) is 10.2 Å². The maximum absolute atomic E-state index is 10.4. The van der Waals surface area contributed by atoms with Gasteiger partial charge in [0.1, 0.15) is 11.5 Å². The summed E-state index contributed by atoms with van der Waals surface area (Å²) >= 11 is 0. The quantitative estimate of drug-likeness (QED) is 0.101. The average molecular weight is 470 g/mol. The predicted molar refractivity (Wildman–Crippen MR) is 147 cm³/mol. The summed E-state index contributed by atoms with van der Waals surface area (Å²) in [5, 5.41) is 20.8. The van der Waals surface area contributed by atoms with Gasteiger partial charge in [-0.3, -0.25) is 0 Å². The summed E-state index contributed by atoms with van der Waals surface area (Å²) in [4.78, 5) is 0. The summed E-state index contributed by atoms with van der Waals surface area (Å²) < 4.78 is 0. The van der Waals surface area contributed by atoms with E-state index < -0.39 is 0 Å². The minimum Gasteiger partial charge on any atom is -0.508 e. The summed E-state index contributed by atoms with van der Waals surface area (Å²) in [6, 6.07) is 3.63. The first kappa shape index (κ1) is 32.8. The Morgan fingerprint density at radius 3 is 0.939 bits per heavy atom. The molecule has 0 unspecified atom stereocenters. The molecule has 0 aliphatic rings. The first-order valence-electron chi connectivity index (χ1n) is 14.2. The van der Waals surface area contributed by atoms with Gasteiger partial charge in [-0.2, -0.15) is 0 Å². The van der Waals surface area contributed by atoms with Gasteiger partial charge >= 0.3 is 0 Å². The summed E-state index contributed by atoms with van der Waals surface area (Å²) in [6.07, 6.45) is 28.1. The maximum atomic E-state index is 10.4. The van der Waals surface area contributed by atoms with Gasteiger partial charge in [-0.05, 0) is 48.9 Å². The molecule has 0 bridgehead atoms. The van der Waals surface area contributed by atoms with Gasteiger partial charge < -0.3 is 10.2 Å². The van der Waals surface area contributed by atoms with Crippen LogP contribution < -0.4 is 0 Å². The molecule has 0 aliphatic carbocycles. The minimum absolute atomic E-state index is 0. The van der Waals surface area contributed by atoms with Crippen LogP contribution in [0, 0.1) is 0 Å². The van der Waals surface area contributed by atoms with Crippen LogP contribution in [0.1, 0.15) is 153 Å². The Morgan fingerprint density at radius 2 is 0.667 bits per heavy atom. The smallest absolute Gasteiger partial charge is 0.119 e. The van der Waals surface area contributed by atoms with E-state index in [4.69, 9.17) is 0 Å². The van der Waals surface area contributed by atoms with Gasteiger partial charge in [0.05, 0.1) is 0 Å². The van der Waals surface area contributed by atoms with Crippen LogP contribution >= 0.6 is 0 Å². The molecular formula is C30H54NaO2. The molecule has 0 fully saturated rings. The molecule has 0 saturated carbocycles. The molecule has 0 heterocycles. The molecule has 2 N–H and O–H groups in total. The van der Waals surface area contributed by atoms with Gasteiger partial charge in [-0.15, -0.1) is 0 Å². The van der Waals surface area contributed by atoms with Gasteiger partial charge in [-0.25, -0.2) is 0 Å². The van der Waals surface area contributed by atoms with E-state index in [1.807, 2.05) is 12.1 Å². The zero-order valence-electron chi connectivity index (χ0n) is 22.6. The fourth-order valence-corrected chi connectivity index (χ4v) is 4.67. The van der Waals surface area contributed by atoms with Crippen LogP contribution in [-0.2, 0) is 12.8 Å². The van der Waals surface area contributed by atoms with Crippen molar-refractivity contribution in [2.24, 2.45) is 0 Å². The number of phenols is 2. The number of phenolic OH excluding ortho intramolecular Hbond substituents is 2. The van der Waals surface area contributed by atoms with Crippen LogP contribution in [0.4, 0.5) is 0 Å². The molecule has 0 spiro atoms. The van der Waals surface area contributed by atoms with E-state index in [2.05, 4.69) is 13.8 Å². The fraction of sp³-hybridized carbons (Fsp3) is 0.800. The topological polar surface area (TPSA) is 40.5 Å². The van der Waals surface area contributed by atoms with Gasteiger partial charge in [-0.1, -0.05) is 129 Å².